The minimum absolute atomic E-state index is 0.271. The first kappa shape index (κ1) is 14.7. The lowest BCUT2D eigenvalue weighted by Gasteiger charge is -2.42. The fourth-order valence-corrected chi connectivity index (χ4v) is 1.96. The molecule has 1 unspecified atom stereocenters. The van der Waals surface area contributed by atoms with Crippen molar-refractivity contribution in [2.75, 3.05) is 19.8 Å². The maximum atomic E-state index is 11.5. The van der Waals surface area contributed by atoms with Crippen LogP contribution in [0, 0.1) is 11.3 Å². The van der Waals surface area contributed by atoms with Crippen LogP contribution in [0.5, 0.6) is 0 Å². The van der Waals surface area contributed by atoms with Gasteiger partial charge in [-0.15, -0.1) is 0 Å². The molecule has 0 saturated carbocycles. The molecule has 0 saturated heterocycles. The summed E-state index contributed by atoms with van der Waals surface area (Å²) in [6.07, 6.45) is 4.00. The molecule has 1 aliphatic rings. The molecule has 5 nitrogen and oxygen atoms in total. The summed E-state index contributed by atoms with van der Waals surface area (Å²) in [7, 11) is 0. The lowest BCUT2D eigenvalue weighted by molar-refractivity contribution is -0.271. The maximum Gasteiger partial charge on any atom is 0.236 e. The van der Waals surface area contributed by atoms with Gasteiger partial charge in [0.25, 0.3) is 0 Å². The van der Waals surface area contributed by atoms with E-state index in [4.69, 9.17) is 14.2 Å². The first-order valence-electron chi connectivity index (χ1n) is 6.02. The Kier molecular flexibility index (Phi) is 4.91. The molecule has 1 radical (unpaired) electrons. The number of nitrogens with zero attached hydrogens (tertiary/aromatic N) is 1. The van der Waals surface area contributed by atoms with Crippen LogP contribution in [0.15, 0.2) is 24.0 Å². The third kappa shape index (κ3) is 2.41. The van der Waals surface area contributed by atoms with Crippen molar-refractivity contribution in [1.29, 1.82) is 5.26 Å². The van der Waals surface area contributed by atoms with Crippen molar-refractivity contribution in [3.05, 3.63) is 24.0 Å². The molecule has 0 fully saturated rings. The van der Waals surface area contributed by atoms with E-state index in [9.17, 15) is 10.4 Å². The number of hydrogen-bond donors (Lipinski definition) is 0. The molecule has 1 atom stereocenters. The molecule has 0 bridgehead atoms. The summed E-state index contributed by atoms with van der Waals surface area (Å²) < 4.78 is 16.6. The van der Waals surface area contributed by atoms with Crippen molar-refractivity contribution < 1.29 is 19.3 Å². The summed E-state index contributed by atoms with van der Waals surface area (Å²) in [6.45, 7) is 6.27. The Balaban J connectivity index is 3.27. The largest absolute Gasteiger partial charge is 0.352 e. The molecule has 0 aromatic heterocycles. The molecule has 0 aromatic rings. The van der Waals surface area contributed by atoms with Gasteiger partial charge in [0.05, 0.1) is 0 Å². The van der Waals surface area contributed by atoms with Gasteiger partial charge >= 0.3 is 0 Å². The average Bonchev–Trinajstić information content (AvgIpc) is 2.35. The van der Waals surface area contributed by atoms with Crippen LogP contribution < -0.4 is 0 Å². The highest BCUT2D eigenvalue weighted by atomic mass is 16.7. The second kappa shape index (κ2) is 6.01. The van der Waals surface area contributed by atoms with Gasteiger partial charge in [0.15, 0.2) is 5.76 Å². The van der Waals surface area contributed by atoms with Crippen LogP contribution in [0.2, 0.25) is 0 Å². The monoisotopic (exact) mass is 252 g/mol. The summed E-state index contributed by atoms with van der Waals surface area (Å²) in [6, 6.07) is 2.01. The van der Waals surface area contributed by atoms with E-state index in [1.807, 2.05) is 6.07 Å². The Morgan fingerprint density at radius 1 is 1.17 bits per heavy atom. The number of nitriles is 1. The van der Waals surface area contributed by atoms with Gasteiger partial charge in [-0.1, -0.05) is 0 Å². The highest BCUT2D eigenvalue weighted by molar-refractivity contribution is 5.37. The first-order chi connectivity index (χ1) is 8.59. The molecular formula is C13H18NO4. The van der Waals surface area contributed by atoms with E-state index in [2.05, 4.69) is 0 Å². The van der Waals surface area contributed by atoms with Crippen LogP contribution in [0.25, 0.3) is 0 Å². The molecule has 0 heterocycles. The van der Waals surface area contributed by atoms with Crippen molar-refractivity contribution in [3.8, 4) is 6.07 Å². The topological polar surface area (TPSA) is 71.4 Å². The second-order valence-electron chi connectivity index (χ2n) is 3.69. The third-order valence-corrected chi connectivity index (χ3v) is 2.59. The Morgan fingerprint density at radius 3 is 2.17 bits per heavy atom. The Morgan fingerprint density at radius 2 is 1.72 bits per heavy atom. The van der Waals surface area contributed by atoms with Gasteiger partial charge in [0.1, 0.15) is 6.07 Å². The molecule has 1 rings (SSSR count). The quantitative estimate of drug-likeness (QED) is 0.677. The average molecular weight is 252 g/mol. The van der Waals surface area contributed by atoms with Gasteiger partial charge in [0.2, 0.25) is 11.4 Å². The minimum atomic E-state index is -1.54. The molecule has 18 heavy (non-hydrogen) atoms. The van der Waals surface area contributed by atoms with Crippen LogP contribution in [-0.4, -0.2) is 31.2 Å². The highest BCUT2D eigenvalue weighted by Gasteiger charge is 2.55. The van der Waals surface area contributed by atoms with Crippen LogP contribution >= 0.6 is 0 Å². The van der Waals surface area contributed by atoms with Gasteiger partial charge < -0.3 is 14.2 Å². The molecule has 0 aliphatic heterocycles. The predicted octanol–water partition coefficient (Wildman–Crippen LogP) is 1.94. The van der Waals surface area contributed by atoms with Crippen LogP contribution in [0.3, 0.4) is 0 Å². The van der Waals surface area contributed by atoms with Gasteiger partial charge in [-0.05, 0) is 32.9 Å². The SMILES string of the molecule is CCOC1(C#N)C=C([O])C=CC1(OCC)OCC. The van der Waals surface area contributed by atoms with Crippen molar-refractivity contribution in [2.45, 2.75) is 32.2 Å². The zero-order valence-electron chi connectivity index (χ0n) is 10.9. The molecular weight excluding hydrogens is 234 g/mol. The van der Waals surface area contributed by atoms with E-state index < -0.39 is 11.4 Å². The lowest BCUT2D eigenvalue weighted by Crippen LogP contribution is -2.57. The molecule has 0 amide bonds. The summed E-state index contributed by atoms with van der Waals surface area (Å²) >= 11 is 0. The van der Waals surface area contributed by atoms with Crippen LogP contribution in [-0.2, 0) is 19.3 Å². The Bertz CT molecular complexity index is 377. The second-order valence-corrected chi connectivity index (χ2v) is 3.69. The van der Waals surface area contributed by atoms with E-state index in [0.29, 0.717) is 13.2 Å². The van der Waals surface area contributed by atoms with E-state index in [1.165, 1.54) is 18.2 Å². The van der Waals surface area contributed by atoms with E-state index in [-0.39, 0.29) is 12.4 Å². The summed E-state index contributed by atoms with van der Waals surface area (Å²) in [5.41, 5.74) is -1.54. The molecule has 1 aliphatic carbocycles. The maximum absolute atomic E-state index is 11.5. The number of allylic oxidation sites excluding steroid dienone is 1. The van der Waals surface area contributed by atoms with E-state index in [0.717, 1.165) is 0 Å². The number of hydrogen-bond acceptors (Lipinski definition) is 4. The van der Waals surface area contributed by atoms with Crippen LogP contribution in [0.4, 0.5) is 0 Å². The zero-order valence-corrected chi connectivity index (χ0v) is 10.9. The van der Waals surface area contributed by atoms with Gasteiger partial charge in [-0.25, -0.2) is 0 Å². The molecule has 0 aromatic carbocycles. The molecule has 5 heteroatoms. The fraction of sp³-hybridized carbons (Fsp3) is 0.615. The third-order valence-electron chi connectivity index (χ3n) is 2.59. The number of rotatable bonds is 6. The smallest absolute Gasteiger partial charge is 0.236 e. The summed E-state index contributed by atoms with van der Waals surface area (Å²) in [4.78, 5) is 0. The molecule has 0 spiro atoms. The standard InChI is InChI=1S/C13H18NO4/c1-4-16-12(10-14)9-11(15)7-8-13(12,17-5-2)18-6-3/h7-9H,4-6H2,1-3H3. The predicted molar refractivity (Wildman–Crippen MR) is 63.9 cm³/mol. The highest BCUT2D eigenvalue weighted by Crippen LogP contribution is 2.38. The molecule has 0 N–H and O–H groups in total. The van der Waals surface area contributed by atoms with Gasteiger partial charge in [-0.2, -0.15) is 5.26 Å². The van der Waals surface area contributed by atoms with Crippen molar-refractivity contribution >= 4 is 0 Å². The van der Waals surface area contributed by atoms with Crippen molar-refractivity contribution in [2.24, 2.45) is 0 Å². The van der Waals surface area contributed by atoms with Crippen molar-refractivity contribution in [3.63, 3.8) is 0 Å². The van der Waals surface area contributed by atoms with E-state index in [1.54, 1.807) is 20.8 Å². The summed E-state index contributed by atoms with van der Waals surface area (Å²) in [5.74, 6) is -1.66. The molecule has 99 valence electrons. The summed E-state index contributed by atoms with van der Waals surface area (Å²) in [5, 5.41) is 21.0. The van der Waals surface area contributed by atoms with E-state index >= 15 is 0 Å². The zero-order chi connectivity index (χ0) is 13.6. The van der Waals surface area contributed by atoms with Gasteiger partial charge in [-0.3, -0.25) is 5.11 Å². The minimum Gasteiger partial charge on any atom is -0.352 e. The Labute approximate surface area is 107 Å². The first-order valence-corrected chi connectivity index (χ1v) is 6.02. The van der Waals surface area contributed by atoms with Crippen molar-refractivity contribution in [1.82, 2.24) is 0 Å². The lowest BCUT2D eigenvalue weighted by atomic mass is 9.88. The fourth-order valence-electron chi connectivity index (χ4n) is 1.96. The van der Waals surface area contributed by atoms with Gasteiger partial charge in [0, 0.05) is 25.9 Å². The normalized spacial score (nSPS) is 25.6. The van der Waals surface area contributed by atoms with Crippen LogP contribution in [0.1, 0.15) is 20.8 Å². The Hall–Kier alpha value is -1.35. The number of ether oxygens (including phenoxy) is 3.